The van der Waals surface area contributed by atoms with Gasteiger partial charge in [-0.05, 0) is 74.2 Å². The number of nitrogens with one attached hydrogen (secondary N) is 1. The summed E-state index contributed by atoms with van der Waals surface area (Å²) in [6, 6.07) is 11.6. The number of nitrogens with zero attached hydrogens (tertiary/aromatic N) is 1. The zero-order chi connectivity index (χ0) is 22.4. The molecule has 0 spiro atoms. The minimum absolute atomic E-state index is 0.0385. The molecule has 0 radical (unpaired) electrons. The van der Waals surface area contributed by atoms with Gasteiger partial charge >= 0.3 is 5.97 Å². The van der Waals surface area contributed by atoms with E-state index in [0.29, 0.717) is 42.1 Å². The van der Waals surface area contributed by atoms with Crippen molar-refractivity contribution in [2.24, 2.45) is 0 Å². The summed E-state index contributed by atoms with van der Waals surface area (Å²) < 4.78 is 31.3. The Morgan fingerprint density at radius 2 is 1.77 bits per heavy atom. The molecule has 0 bridgehead atoms. The molecule has 1 amide bonds. The molecule has 166 valence electrons. The molecule has 7 nitrogen and oxygen atoms in total. The monoisotopic (exact) mass is 444 g/mol. The smallest absolute Gasteiger partial charge is 0.338 e. The number of unbranched alkanes of at least 4 members (excludes halogenated alkanes) is 1. The molecule has 1 N–H and O–H groups in total. The van der Waals surface area contributed by atoms with Gasteiger partial charge in [0.1, 0.15) is 0 Å². The lowest BCUT2D eigenvalue weighted by Crippen LogP contribution is -2.36. The molecule has 8 heteroatoms. The first kappa shape index (κ1) is 22.8. The fourth-order valence-corrected chi connectivity index (χ4v) is 4.63. The van der Waals surface area contributed by atoms with Crippen LogP contribution >= 0.6 is 0 Å². The zero-order valence-electron chi connectivity index (χ0n) is 17.9. The van der Waals surface area contributed by atoms with Crippen LogP contribution in [0.1, 0.15) is 59.4 Å². The van der Waals surface area contributed by atoms with Crippen LogP contribution in [0, 0.1) is 0 Å². The van der Waals surface area contributed by atoms with Crippen molar-refractivity contribution in [2.75, 3.05) is 28.5 Å². The van der Waals surface area contributed by atoms with Gasteiger partial charge in [0.25, 0.3) is 5.91 Å². The van der Waals surface area contributed by atoms with Crippen LogP contribution < -0.4 is 9.62 Å². The van der Waals surface area contributed by atoms with Gasteiger partial charge in [-0.3, -0.25) is 9.10 Å². The number of carbonyl (C=O) groups excluding carboxylic acids is 2. The lowest BCUT2D eigenvalue weighted by atomic mass is 10.0. The third-order valence-electron chi connectivity index (χ3n) is 5.23. The van der Waals surface area contributed by atoms with E-state index in [1.807, 2.05) is 6.92 Å². The van der Waals surface area contributed by atoms with E-state index in [0.717, 1.165) is 24.8 Å². The molecule has 0 aliphatic carbocycles. The number of fused-ring (bicyclic) bond motifs is 1. The molecule has 31 heavy (non-hydrogen) atoms. The van der Waals surface area contributed by atoms with Crippen molar-refractivity contribution in [1.82, 2.24) is 0 Å². The molecule has 0 saturated heterocycles. The minimum Gasteiger partial charge on any atom is -0.462 e. The lowest BCUT2D eigenvalue weighted by Gasteiger charge is -2.30. The second-order valence-corrected chi connectivity index (χ2v) is 9.62. The number of anilines is 2. The first-order chi connectivity index (χ1) is 14.9. The van der Waals surface area contributed by atoms with E-state index >= 15 is 0 Å². The van der Waals surface area contributed by atoms with Crippen molar-refractivity contribution in [1.29, 1.82) is 0 Å². The zero-order valence-corrected chi connectivity index (χ0v) is 18.7. The molecule has 0 atom stereocenters. The van der Waals surface area contributed by atoms with Crippen LogP contribution in [0.2, 0.25) is 0 Å². The predicted molar refractivity (Wildman–Crippen MR) is 121 cm³/mol. The second kappa shape index (κ2) is 9.96. The Hall–Kier alpha value is -2.87. The number of amides is 1. The molecule has 0 unspecified atom stereocenters. The molecule has 1 aliphatic heterocycles. The molecular formula is C23H28N2O5S. The van der Waals surface area contributed by atoms with Crippen LogP contribution in [0.4, 0.5) is 11.4 Å². The van der Waals surface area contributed by atoms with E-state index in [2.05, 4.69) is 5.32 Å². The van der Waals surface area contributed by atoms with E-state index in [1.165, 1.54) is 4.31 Å². The fourth-order valence-electron chi connectivity index (χ4n) is 3.43. The van der Waals surface area contributed by atoms with Gasteiger partial charge in [-0.2, -0.15) is 0 Å². The summed E-state index contributed by atoms with van der Waals surface area (Å²) in [4.78, 5) is 24.7. The van der Waals surface area contributed by atoms with Crippen LogP contribution in [0.5, 0.6) is 0 Å². The van der Waals surface area contributed by atoms with Gasteiger partial charge < -0.3 is 10.1 Å². The van der Waals surface area contributed by atoms with Gasteiger partial charge in [-0.1, -0.05) is 13.3 Å². The van der Waals surface area contributed by atoms with Crippen molar-refractivity contribution in [3.63, 3.8) is 0 Å². The normalized spacial score (nSPS) is 13.4. The topological polar surface area (TPSA) is 92.8 Å². The van der Waals surface area contributed by atoms with Crippen LogP contribution in [-0.2, 0) is 21.2 Å². The molecule has 1 heterocycles. The number of hydrogen-bond donors (Lipinski definition) is 1. The third-order valence-corrected chi connectivity index (χ3v) is 7.01. The van der Waals surface area contributed by atoms with Crippen LogP contribution in [-0.4, -0.2) is 39.2 Å². The quantitative estimate of drug-likeness (QED) is 0.491. The van der Waals surface area contributed by atoms with E-state index in [4.69, 9.17) is 4.74 Å². The number of hydrogen-bond acceptors (Lipinski definition) is 5. The average molecular weight is 445 g/mol. The Bertz CT molecular complexity index is 1050. The molecule has 0 saturated carbocycles. The second-order valence-electron chi connectivity index (χ2n) is 7.44. The highest BCUT2D eigenvalue weighted by molar-refractivity contribution is 7.92. The van der Waals surface area contributed by atoms with Crippen molar-refractivity contribution >= 4 is 33.3 Å². The SMILES string of the molecule is CCCCOC(=O)c1ccc(NC(=O)c2ccc3c(c2)CCCN3S(=O)(=O)CC)cc1. The summed E-state index contributed by atoms with van der Waals surface area (Å²) in [7, 11) is -3.34. The summed E-state index contributed by atoms with van der Waals surface area (Å²) in [5.74, 6) is -0.638. The average Bonchev–Trinajstić information content (AvgIpc) is 2.78. The number of benzene rings is 2. The standard InChI is InChI=1S/C23H28N2O5S/c1-3-5-15-30-23(27)17-8-11-20(12-9-17)24-22(26)19-10-13-21-18(16-19)7-6-14-25(21)31(28,29)4-2/h8-13,16H,3-7,14-15H2,1-2H3,(H,24,26). The summed E-state index contributed by atoms with van der Waals surface area (Å²) in [5.41, 5.74) is 2.94. The van der Waals surface area contributed by atoms with Crippen molar-refractivity contribution in [3.05, 3.63) is 59.2 Å². The minimum atomic E-state index is -3.34. The highest BCUT2D eigenvalue weighted by Gasteiger charge is 2.26. The van der Waals surface area contributed by atoms with Crippen molar-refractivity contribution < 1.29 is 22.7 Å². The fraction of sp³-hybridized carbons (Fsp3) is 0.391. The summed E-state index contributed by atoms with van der Waals surface area (Å²) in [6.07, 6.45) is 3.21. The Balaban J connectivity index is 1.69. The highest BCUT2D eigenvalue weighted by Crippen LogP contribution is 2.30. The number of aryl methyl sites for hydroxylation is 1. The molecule has 3 rings (SSSR count). The van der Waals surface area contributed by atoms with Crippen LogP contribution in [0.25, 0.3) is 0 Å². The largest absolute Gasteiger partial charge is 0.462 e. The summed E-state index contributed by atoms with van der Waals surface area (Å²) >= 11 is 0. The summed E-state index contributed by atoms with van der Waals surface area (Å²) in [5, 5.41) is 2.81. The molecule has 0 fully saturated rings. The Labute approximate surface area is 183 Å². The van der Waals surface area contributed by atoms with Crippen LogP contribution in [0.15, 0.2) is 42.5 Å². The molecule has 2 aromatic rings. The number of carbonyl (C=O) groups is 2. The third kappa shape index (κ3) is 5.44. The summed E-state index contributed by atoms with van der Waals surface area (Å²) in [6.45, 7) is 4.50. The van der Waals surface area contributed by atoms with Gasteiger partial charge in [-0.15, -0.1) is 0 Å². The van der Waals surface area contributed by atoms with E-state index < -0.39 is 10.0 Å². The number of rotatable bonds is 8. The Morgan fingerprint density at radius 1 is 1.06 bits per heavy atom. The number of ether oxygens (including phenoxy) is 1. The molecule has 2 aromatic carbocycles. The van der Waals surface area contributed by atoms with Gasteiger partial charge in [0.2, 0.25) is 10.0 Å². The van der Waals surface area contributed by atoms with E-state index in [1.54, 1.807) is 49.4 Å². The molecular weight excluding hydrogens is 416 g/mol. The highest BCUT2D eigenvalue weighted by atomic mass is 32.2. The lowest BCUT2D eigenvalue weighted by molar-refractivity contribution is 0.0499. The first-order valence-corrected chi connectivity index (χ1v) is 12.2. The maximum absolute atomic E-state index is 12.7. The van der Waals surface area contributed by atoms with Crippen LogP contribution in [0.3, 0.4) is 0 Å². The maximum atomic E-state index is 12.7. The van der Waals surface area contributed by atoms with Gasteiger partial charge in [-0.25, -0.2) is 13.2 Å². The molecule has 0 aromatic heterocycles. The Morgan fingerprint density at radius 3 is 2.45 bits per heavy atom. The number of sulfonamides is 1. The van der Waals surface area contributed by atoms with Crippen molar-refractivity contribution in [3.8, 4) is 0 Å². The first-order valence-electron chi connectivity index (χ1n) is 10.6. The van der Waals surface area contributed by atoms with Gasteiger partial charge in [0.15, 0.2) is 0 Å². The maximum Gasteiger partial charge on any atom is 0.338 e. The molecule has 1 aliphatic rings. The van der Waals surface area contributed by atoms with Gasteiger partial charge in [0.05, 0.1) is 23.6 Å². The predicted octanol–water partition coefficient (Wildman–Crippen LogP) is 4.00. The van der Waals surface area contributed by atoms with Gasteiger partial charge in [0, 0.05) is 17.8 Å². The van der Waals surface area contributed by atoms with Crippen molar-refractivity contribution in [2.45, 2.75) is 39.5 Å². The van der Waals surface area contributed by atoms with E-state index in [9.17, 15) is 18.0 Å². The van der Waals surface area contributed by atoms with E-state index in [-0.39, 0.29) is 17.6 Å². The number of esters is 1. The Kier molecular flexibility index (Phi) is 7.33.